The highest BCUT2D eigenvalue weighted by Gasteiger charge is 2.20. The summed E-state index contributed by atoms with van der Waals surface area (Å²) in [5.41, 5.74) is 4.13. The fourth-order valence-electron chi connectivity index (χ4n) is 2.74. The summed E-state index contributed by atoms with van der Waals surface area (Å²) in [7, 11) is 0. The molecular formula is C22H20N4O. The third kappa shape index (κ3) is 4.01. The largest absolute Gasteiger partial charge is 0.322 e. The van der Waals surface area contributed by atoms with E-state index < -0.39 is 5.41 Å². The number of rotatable bonds is 4. The minimum Gasteiger partial charge on any atom is -0.322 e. The number of nitriles is 1. The second-order valence-electron chi connectivity index (χ2n) is 6.90. The van der Waals surface area contributed by atoms with Gasteiger partial charge in [-0.05, 0) is 62.2 Å². The van der Waals surface area contributed by atoms with Gasteiger partial charge in [-0.1, -0.05) is 18.2 Å². The second-order valence-corrected chi connectivity index (χ2v) is 6.90. The van der Waals surface area contributed by atoms with Gasteiger partial charge in [-0.15, -0.1) is 0 Å². The summed E-state index contributed by atoms with van der Waals surface area (Å²) in [6.45, 7) is 5.68. The van der Waals surface area contributed by atoms with Crippen molar-refractivity contribution in [1.29, 1.82) is 5.26 Å². The molecule has 1 aromatic heterocycles. The summed E-state index contributed by atoms with van der Waals surface area (Å²) < 4.78 is 0. The van der Waals surface area contributed by atoms with Crippen molar-refractivity contribution in [3.63, 3.8) is 0 Å². The van der Waals surface area contributed by atoms with Gasteiger partial charge >= 0.3 is 0 Å². The van der Waals surface area contributed by atoms with E-state index in [1.807, 2.05) is 63.2 Å². The van der Waals surface area contributed by atoms with Crippen LogP contribution in [-0.2, 0) is 5.41 Å². The third-order valence-electron chi connectivity index (χ3n) is 4.48. The number of aromatic nitrogens is 2. The average molecular weight is 356 g/mol. The topological polar surface area (TPSA) is 78.7 Å². The molecule has 1 N–H and O–H groups in total. The summed E-state index contributed by atoms with van der Waals surface area (Å²) in [4.78, 5) is 20.9. The van der Waals surface area contributed by atoms with Crippen LogP contribution in [0.4, 0.5) is 5.69 Å². The molecule has 27 heavy (non-hydrogen) atoms. The van der Waals surface area contributed by atoms with Crippen molar-refractivity contribution < 1.29 is 4.79 Å². The zero-order chi connectivity index (χ0) is 19.4. The van der Waals surface area contributed by atoms with Crippen molar-refractivity contribution in [2.45, 2.75) is 26.2 Å². The summed E-state index contributed by atoms with van der Waals surface area (Å²) >= 11 is 0. The lowest BCUT2D eigenvalue weighted by Crippen LogP contribution is -2.16. The highest BCUT2D eigenvalue weighted by atomic mass is 16.1. The third-order valence-corrected chi connectivity index (χ3v) is 4.48. The quantitative estimate of drug-likeness (QED) is 0.746. The summed E-state index contributed by atoms with van der Waals surface area (Å²) in [5.74, 6) is -0.211. The van der Waals surface area contributed by atoms with Crippen LogP contribution >= 0.6 is 0 Å². The fraction of sp³-hybridized carbons (Fsp3) is 0.182. The van der Waals surface area contributed by atoms with E-state index in [-0.39, 0.29) is 5.91 Å². The Bertz CT molecular complexity index is 1020. The molecule has 0 spiro atoms. The van der Waals surface area contributed by atoms with Gasteiger partial charge in [0, 0.05) is 23.0 Å². The molecule has 0 atom stereocenters. The molecule has 1 heterocycles. The van der Waals surface area contributed by atoms with Gasteiger partial charge in [0.2, 0.25) is 0 Å². The molecule has 0 unspecified atom stereocenters. The Morgan fingerprint density at radius 3 is 2.67 bits per heavy atom. The molecule has 3 rings (SSSR count). The first-order chi connectivity index (χ1) is 12.9. The summed E-state index contributed by atoms with van der Waals surface area (Å²) in [5, 5.41) is 12.2. The number of carbonyl (C=O) groups is 1. The van der Waals surface area contributed by atoms with Crippen LogP contribution in [0.3, 0.4) is 0 Å². The van der Waals surface area contributed by atoms with Crippen LogP contribution in [0.15, 0.2) is 61.1 Å². The van der Waals surface area contributed by atoms with Crippen LogP contribution in [0, 0.1) is 18.3 Å². The Labute approximate surface area is 158 Å². The van der Waals surface area contributed by atoms with Gasteiger partial charge in [-0.2, -0.15) is 5.26 Å². The lowest BCUT2D eigenvalue weighted by atomic mass is 9.86. The molecule has 0 aliphatic carbocycles. The molecule has 0 saturated carbocycles. The molecular weight excluding hydrogens is 336 g/mol. The molecule has 0 aliphatic rings. The zero-order valence-corrected chi connectivity index (χ0v) is 15.5. The fourth-order valence-corrected chi connectivity index (χ4v) is 2.74. The lowest BCUT2D eigenvalue weighted by molar-refractivity contribution is 0.102. The van der Waals surface area contributed by atoms with E-state index in [0.717, 1.165) is 22.4 Å². The first-order valence-electron chi connectivity index (χ1n) is 8.61. The minimum absolute atomic E-state index is 0.211. The zero-order valence-electron chi connectivity index (χ0n) is 15.5. The number of nitrogens with one attached hydrogen (secondary N) is 1. The lowest BCUT2D eigenvalue weighted by Gasteiger charge is -2.17. The van der Waals surface area contributed by atoms with Crippen LogP contribution in [-0.4, -0.2) is 15.9 Å². The maximum atomic E-state index is 12.7. The van der Waals surface area contributed by atoms with Crippen molar-refractivity contribution in [2.75, 3.05) is 5.32 Å². The molecule has 134 valence electrons. The first-order valence-corrected chi connectivity index (χ1v) is 8.61. The van der Waals surface area contributed by atoms with Gasteiger partial charge in [-0.25, -0.2) is 9.97 Å². The van der Waals surface area contributed by atoms with Crippen molar-refractivity contribution in [2.24, 2.45) is 0 Å². The van der Waals surface area contributed by atoms with E-state index >= 15 is 0 Å². The van der Waals surface area contributed by atoms with Gasteiger partial charge in [0.15, 0.2) is 0 Å². The van der Waals surface area contributed by atoms with Crippen LogP contribution in [0.2, 0.25) is 0 Å². The monoisotopic (exact) mass is 356 g/mol. The standard InChI is InChI=1S/C22H20N4O/c1-15-7-8-16(11-19(15)20-9-10-24-14-25-20)21(27)26-18-6-4-5-17(12-18)22(2,3)13-23/h4-12,14H,1-3H3,(H,26,27). The highest BCUT2D eigenvalue weighted by Crippen LogP contribution is 2.26. The van der Waals surface area contributed by atoms with E-state index in [4.69, 9.17) is 0 Å². The summed E-state index contributed by atoms with van der Waals surface area (Å²) in [6, 6.07) is 17.0. The van der Waals surface area contributed by atoms with Crippen LogP contribution in [0.25, 0.3) is 11.3 Å². The number of carbonyl (C=O) groups excluding carboxylic acids is 1. The molecule has 1 amide bonds. The Morgan fingerprint density at radius 1 is 1.15 bits per heavy atom. The van der Waals surface area contributed by atoms with Gasteiger partial charge in [-0.3, -0.25) is 4.79 Å². The number of benzene rings is 2. The number of hydrogen-bond donors (Lipinski definition) is 1. The smallest absolute Gasteiger partial charge is 0.255 e. The molecule has 0 saturated heterocycles. The van der Waals surface area contributed by atoms with Crippen molar-refractivity contribution in [1.82, 2.24) is 9.97 Å². The number of anilines is 1. The maximum Gasteiger partial charge on any atom is 0.255 e. The molecule has 0 bridgehead atoms. The Hall–Kier alpha value is -3.52. The number of aryl methyl sites for hydroxylation is 1. The predicted molar refractivity (Wildman–Crippen MR) is 105 cm³/mol. The molecule has 5 nitrogen and oxygen atoms in total. The summed E-state index contributed by atoms with van der Waals surface area (Å²) in [6.07, 6.45) is 3.17. The van der Waals surface area contributed by atoms with Crippen molar-refractivity contribution in [3.05, 3.63) is 77.7 Å². The maximum absolute atomic E-state index is 12.7. The first kappa shape index (κ1) is 18.3. The Kier molecular flexibility index (Phi) is 5.00. The molecule has 3 aromatic rings. The van der Waals surface area contributed by atoms with E-state index in [9.17, 15) is 10.1 Å². The molecule has 5 heteroatoms. The van der Waals surface area contributed by atoms with E-state index in [1.165, 1.54) is 6.33 Å². The van der Waals surface area contributed by atoms with Crippen molar-refractivity contribution >= 4 is 11.6 Å². The average Bonchev–Trinajstić information content (AvgIpc) is 2.69. The van der Waals surface area contributed by atoms with E-state index in [2.05, 4.69) is 21.4 Å². The number of nitrogens with zero attached hydrogens (tertiary/aromatic N) is 3. The highest BCUT2D eigenvalue weighted by molar-refractivity contribution is 6.05. The molecule has 0 fully saturated rings. The second kappa shape index (κ2) is 7.38. The van der Waals surface area contributed by atoms with Crippen LogP contribution in [0.1, 0.15) is 35.3 Å². The number of amides is 1. The van der Waals surface area contributed by atoms with Crippen LogP contribution in [0.5, 0.6) is 0 Å². The van der Waals surface area contributed by atoms with Crippen molar-refractivity contribution in [3.8, 4) is 17.3 Å². The SMILES string of the molecule is Cc1ccc(C(=O)Nc2cccc(C(C)(C)C#N)c2)cc1-c1ccncn1. The number of hydrogen-bond acceptors (Lipinski definition) is 4. The predicted octanol–water partition coefficient (Wildman–Crippen LogP) is 4.51. The normalized spacial score (nSPS) is 10.9. The van der Waals surface area contributed by atoms with E-state index in [1.54, 1.807) is 12.3 Å². The molecule has 0 aliphatic heterocycles. The van der Waals surface area contributed by atoms with E-state index in [0.29, 0.717) is 11.3 Å². The Morgan fingerprint density at radius 2 is 1.96 bits per heavy atom. The Balaban J connectivity index is 1.88. The van der Waals surface area contributed by atoms with Crippen LogP contribution < -0.4 is 5.32 Å². The van der Waals surface area contributed by atoms with Gasteiger partial charge in [0.25, 0.3) is 5.91 Å². The molecule has 2 aromatic carbocycles. The van der Waals surface area contributed by atoms with Gasteiger partial charge in [0.05, 0.1) is 17.2 Å². The molecule has 0 radical (unpaired) electrons. The minimum atomic E-state index is -0.620. The van der Waals surface area contributed by atoms with Gasteiger partial charge in [0.1, 0.15) is 6.33 Å². The van der Waals surface area contributed by atoms with Gasteiger partial charge < -0.3 is 5.32 Å².